The van der Waals surface area contributed by atoms with Crippen LogP contribution in [0.4, 0.5) is 64.1 Å². The predicted molar refractivity (Wildman–Crippen MR) is 218 cm³/mol. The fourth-order valence-corrected chi connectivity index (χ4v) is 5.84. The average molecular weight is 1080 g/mol. The van der Waals surface area contributed by atoms with Gasteiger partial charge in [0.2, 0.25) is 5.28 Å². The minimum absolute atomic E-state index is 0.232. The van der Waals surface area contributed by atoms with E-state index in [9.17, 15) is 62.3 Å². The molecule has 2 aromatic carbocycles. The summed E-state index contributed by atoms with van der Waals surface area (Å²) in [5.74, 6) is -38.2. The van der Waals surface area contributed by atoms with Gasteiger partial charge in [-0.25, -0.2) is 28.7 Å². The van der Waals surface area contributed by atoms with E-state index >= 15 is 0 Å². The number of furan rings is 1. The molecule has 346 valence electrons. The van der Waals surface area contributed by atoms with E-state index in [0.29, 0.717) is 23.8 Å². The Kier molecular flexibility index (Phi) is 15.3. The van der Waals surface area contributed by atoms with E-state index in [1.165, 1.54) is 5.32 Å². The maximum absolute atomic E-state index is 14.8. The minimum atomic E-state index is -7.81. The van der Waals surface area contributed by atoms with Gasteiger partial charge in [0, 0.05) is 32.4 Å². The molecule has 2 unspecified atom stereocenters. The molecule has 0 saturated heterocycles. The summed E-state index contributed by atoms with van der Waals surface area (Å²) in [6, 6.07) is 23.0. The van der Waals surface area contributed by atoms with Crippen molar-refractivity contribution in [1.29, 1.82) is 0 Å². The van der Waals surface area contributed by atoms with Crippen LogP contribution in [0.3, 0.4) is 0 Å². The summed E-state index contributed by atoms with van der Waals surface area (Å²) in [5.41, 5.74) is 1.50. The van der Waals surface area contributed by atoms with Crippen LogP contribution in [-0.2, 0) is 0 Å². The number of rotatable bonds is 15. The molecule has 0 aliphatic rings. The summed E-state index contributed by atoms with van der Waals surface area (Å²) in [7, 11) is 0. The molecular weight excluding hydrogens is 1050 g/mol. The van der Waals surface area contributed by atoms with Crippen LogP contribution < -0.4 is 21.3 Å². The van der Waals surface area contributed by atoms with E-state index in [0.717, 1.165) is 50.3 Å². The zero-order valence-electron chi connectivity index (χ0n) is 32.2. The number of anilines is 2. The molecule has 0 saturated carbocycles. The Morgan fingerprint density at radius 3 is 1.66 bits per heavy atom. The summed E-state index contributed by atoms with van der Waals surface area (Å²) < 4.78 is 171. The number of amides is 2. The van der Waals surface area contributed by atoms with Gasteiger partial charge >= 0.3 is 36.0 Å². The number of pyridine rings is 2. The molecule has 4 heterocycles. The summed E-state index contributed by atoms with van der Waals surface area (Å²) in [6.07, 6.45) is -6.49. The lowest BCUT2D eigenvalue weighted by molar-refractivity contribution is -0.414. The number of halogens is 15. The number of para-hydroxylation sites is 1. The molecule has 2 atom stereocenters. The molecule has 4 aromatic heterocycles. The Hall–Kier alpha value is -5.69. The van der Waals surface area contributed by atoms with Crippen LogP contribution in [-0.4, -0.2) is 74.0 Å². The number of hydrogen-bond acceptors (Lipinski definition) is 9. The largest absolute Gasteiger partial charge is 0.457 e. The topological polar surface area (TPSA) is 147 Å². The molecule has 0 bridgehead atoms. The molecular formula is C39H27Br2ClF12N8O3. The fraction of sp³-hybridized carbons (Fsp3) is 0.231. The Balaban J connectivity index is 0.000000252. The standard InChI is InChI=1S/C22H18BrN3O2.C17H9BrClF12N5O/c1-14-6-9-17(10-7-14)25-21(20-12-15-4-2-3-5-19(15)28-20)26-22(27)18-11-8-16(23)13-24-18;18-6-1-2-8(32-3-6)9(37)36-11(35-7-4-33-12(19)34-5-7)14(24,25)16(28,29)17(30,31)15(26,27)13(22,23)10(20)21/h2-13,21,25H,1H3,(H,26,27);1-5,10-11,35H,(H,36,37). The van der Waals surface area contributed by atoms with Crippen LogP contribution >= 0.6 is 43.5 Å². The molecule has 0 fully saturated rings. The molecule has 2 amide bonds. The lowest BCUT2D eigenvalue weighted by atomic mass is 9.93. The third-order valence-electron chi connectivity index (χ3n) is 8.76. The Morgan fingerprint density at radius 1 is 0.631 bits per heavy atom. The quantitative estimate of drug-likeness (QED) is 0.0448. The van der Waals surface area contributed by atoms with Crippen molar-refractivity contribution in [2.45, 2.75) is 55.3 Å². The van der Waals surface area contributed by atoms with Gasteiger partial charge in [0.05, 0.1) is 18.1 Å². The number of benzene rings is 2. The van der Waals surface area contributed by atoms with Crippen molar-refractivity contribution in [2.75, 3.05) is 10.6 Å². The van der Waals surface area contributed by atoms with E-state index in [1.807, 2.05) is 61.5 Å². The molecule has 65 heavy (non-hydrogen) atoms. The van der Waals surface area contributed by atoms with Gasteiger partial charge in [-0.05, 0) is 98.9 Å². The van der Waals surface area contributed by atoms with Crippen LogP contribution in [0.15, 0.2) is 117 Å². The Labute approximate surface area is 380 Å². The van der Waals surface area contributed by atoms with E-state index in [1.54, 1.807) is 18.3 Å². The van der Waals surface area contributed by atoms with Crippen molar-refractivity contribution in [3.63, 3.8) is 0 Å². The highest BCUT2D eigenvalue weighted by molar-refractivity contribution is 9.10. The number of aryl methyl sites for hydroxylation is 1. The number of nitrogens with one attached hydrogen (secondary N) is 4. The molecule has 4 N–H and O–H groups in total. The van der Waals surface area contributed by atoms with Crippen molar-refractivity contribution in [3.8, 4) is 0 Å². The second-order valence-corrected chi connectivity index (χ2v) is 15.6. The maximum Gasteiger partial charge on any atom is 0.384 e. The third kappa shape index (κ3) is 11.1. The van der Waals surface area contributed by atoms with E-state index < -0.39 is 70.9 Å². The Bertz CT molecular complexity index is 2550. The first-order valence-corrected chi connectivity index (χ1v) is 19.8. The lowest BCUT2D eigenvalue weighted by Gasteiger charge is -2.41. The number of alkyl halides is 12. The van der Waals surface area contributed by atoms with E-state index in [4.69, 9.17) is 16.0 Å². The fourth-order valence-electron chi connectivity index (χ4n) is 5.27. The molecule has 0 aliphatic heterocycles. The number of hydrogen-bond donors (Lipinski definition) is 4. The second-order valence-electron chi connectivity index (χ2n) is 13.4. The van der Waals surface area contributed by atoms with Crippen LogP contribution in [0.25, 0.3) is 11.0 Å². The Morgan fingerprint density at radius 2 is 1.15 bits per heavy atom. The summed E-state index contributed by atoms with van der Waals surface area (Å²) >= 11 is 11.6. The van der Waals surface area contributed by atoms with Crippen LogP contribution in [0, 0.1) is 6.92 Å². The maximum atomic E-state index is 14.8. The summed E-state index contributed by atoms with van der Waals surface area (Å²) in [4.78, 5) is 39.1. The first kappa shape index (κ1) is 50.3. The third-order valence-corrected chi connectivity index (χ3v) is 9.89. The molecule has 0 radical (unpaired) electrons. The number of fused-ring (bicyclic) bond motifs is 1. The highest BCUT2D eigenvalue weighted by Crippen LogP contribution is 2.58. The zero-order valence-corrected chi connectivity index (χ0v) is 36.2. The van der Waals surface area contributed by atoms with Crippen molar-refractivity contribution in [1.82, 2.24) is 30.6 Å². The minimum Gasteiger partial charge on any atom is -0.457 e. The highest BCUT2D eigenvalue weighted by atomic mass is 79.9. The normalized spacial score (nSPS) is 13.4. The number of nitrogens with zero attached hydrogens (tertiary/aromatic N) is 4. The van der Waals surface area contributed by atoms with Crippen molar-refractivity contribution in [2.24, 2.45) is 0 Å². The number of aromatic nitrogens is 4. The van der Waals surface area contributed by atoms with E-state index in [-0.39, 0.29) is 10.4 Å². The molecule has 6 aromatic rings. The number of carbonyl (C=O) groups excluding carboxylic acids is 2. The van der Waals surface area contributed by atoms with Crippen molar-refractivity contribution < 1.29 is 66.7 Å². The monoisotopic (exact) mass is 1080 g/mol. The first-order chi connectivity index (χ1) is 30.3. The zero-order chi connectivity index (χ0) is 48.1. The van der Waals surface area contributed by atoms with Gasteiger partial charge in [0.1, 0.15) is 22.7 Å². The smallest absolute Gasteiger partial charge is 0.384 e. The van der Waals surface area contributed by atoms with Gasteiger partial charge in [-0.3, -0.25) is 9.59 Å². The van der Waals surface area contributed by atoms with Gasteiger partial charge in [-0.2, -0.15) is 43.9 Å². The van der Waals surface area contributed by atoms with E-state index in [2.05, 4.69) is 62.4 Å². The SMILES string of the molecule is Cc1ccc(NC(NC(=O)c2ccc(Br)cn2)c2cc3ccccc3o2)cc1.O=C(NC(Nc1cnc(Cl)nc1)C(F)(F)C(F)(F)C(F)(F)C(F)(F)C(F)(F)C(F)F)c1ccc(Br)cn1. The molecule has 11 nitrogen and oxygen atoms in total. The van der Waals surface area contributed by atoms with Crippen LogP contribution in [0.1, 0.15) is 38.5 Å². The van der Waals surface area contributed by atoms with Gasteiger partial charge < -0.3 is 25.7 Å². The molecule has 6 rings (SSSR count). The van der Waals surface area contributed by atoms with Crippen molar-refractivity contribution in [3.05, 3.63) is 141 Å². The number of carbonyl (C=O) groups is 2. The van der Waals surface area contributed by atoms with Gasteiger partial charge in [0.25, 0.3) is 11.8 Å². The van der Waals surface area contributed by atoms with Crippen LogP contribution in [0.2, 0.25) is 5.28 Å². The lowest BCUT2D eigenvalue weighted by Crippen LogP contribution is -2.72. The average Bonchev–Trinajstić information content (AvgIpc) is 3.69. The molecule has 0 spiro atoms. The van der Waals surface area contributed by atoms with Gasteiger partial charge in [0.15, 0.2) is 12.3 Å². The highest BCUT2D eigenvalue weighted by Gasteiger charge is 2.88. The summed E-state index contributed by atoms with van der Waals surface area (Å²) in [5, 5.41) is 9.18. The van der Waals surface area contributed by atoms with Gasteiger partial charge in [-0.15, -0.1) is 0 Å². The second kappa shape index (κ2) is 19.8. The van der Waals surface area contributed by atoms with Gasteiger partial charge in [-0.1, -0.05) is 35.9 Å². The van der Waals surface area contributed by atoms with Crippen LogP contribution in [0.5, 0.6) is 0 Å². The first-order valence-electron chi connectivity index (χ1n) is 17.9. The summed E-state index contributed by atoms with van der Waals surface area (Å²) in [6.45, 7) is 2.03. The predicted octanol–water partition coefficient (Wildman–Crippen LogP) is 11.3. The molecule has 0 aliphatic carbocycles. The molecule has 26 heteroatoms. The van der Waals surface area contributed by atoms with Crippen molar-refractivity contribution >= 4 is 77.6 Å².